The van der Waals surface area contributed by atoms with Crippen molar-refractivity contribution < 1.29 is 23.9 Å². The van der Waals surface area contributed by atoms with Crippen molar-refractivity contribution in [2.24, 2.45) is 5.73 Å². The van der Waals surface area contributed by atoms with Crippen LogP contribution in [0.1, 0.15) is 83.6 Å². The molecule has 2 atom stereocenters. The van der Waals surface area contributed by atoms with Crippen molar-refractivity contribution >= 4 is 41.2 Å². The van der Waals surface area contributed by atoms with Gasteiger partial charge in [0, 0.05) is 29.9 Å². The number of aromatic nitrogens is 1. The second-order valence-electron chi connectivity index (χ2n) is 9.29. The Bertz CT molecular complexity index is 949. The Morgan fingerprint density at radius 3 is 2.19 bits per heavy atom. The topological polar surface area (TPSA) is 124 Å². The van der Waals surface area contributed by atoms with Crippen LogP contribution in [0.5, 0.6) is 0 Å². The second-order valence-corrected chi connectivity index (χ2v) is 9.29. The summed E-state index contributed by atoms with van der Waals surface area (Å²) in [4.78, 5) is 40.8. The summed E-state index contributed by atoms with van der Waals surface area (Å²) in [7, 11) is 0. The number of amides is 1. The number of hydrogen-bond donors (Lipinski definition) is 3. The highest BCUT2D eigenvalue weighted by atomic mass is 35.5. The Balaban J connectivity index is 0.00000684. The normalized spacial score (nSPS) is 12.4. The zero-order valence-electron chi connectivity index (χ0n) is 22.3. The standard InChI is InChI=1S/C28H43N3O5.ClH/c1-3-5-7-11-17-35-27(33)23(29)15-16-26(32)31-25(28(34)36-18-12-8-6-4-2)19-21-20-30-24-14-10-9-13-22(21)24;/h9-10,13-14,20,23,25,30H,3-8,11-12,15-19,29H2,1-2H3,(H,31,32);1H/t23-,25+;/m1./s1. The molecular formula is C28H44ClN3O5. The van der Waals surface area contributed by atoms with Crippen molar-refractivity contribution in [2.45, 2.75) is 96.6 Å². The first-order valence-corrected chi connectivity index (χ1v) is 13.4. The first kappa shape index (κ1) is 32.4. The average Bonchev–Trinajstić information content (AvgIpc) is 3.29. The summed E-state index contributed by atoms with van der Waals surface area (Å²) in [5, 5.41) is 3.79. The zero-order chi connectivity index (χ0) is 26.2. The summed E-state index contributed by atoms with van der Waals surface area (Å²) < 4.78 is 10.7. The number of esters is 2. The van der Waals surface area contributed by atoms with Crippen molar-refractivity contribution in [3.8, 4) is 0 Å². The van der Waals surface area contributed by atoms with E-state index < -0.39 is 24.0 Å². The number of rotatable bonds is 18. The highest BCUT2D eigenvalue weighted by Gasteiger charge is 2.25. The Morgan fingerprint density at radius 2 is 1.54 bits per heavy atom. The molecule has 0 saturated carbocycles. The SMILES string of the molecule is CCCCCCOC(=O)[C@H](N)CCC(=O)N[C@@H](Cc1c[nH]c2ccccc12)C(=O)OCCCCCC.Cl. The molecule has 208 valence electrons. The fourth-order valence-electron chi connectivity index (χ4n) is 4.00. The molecule has 8 nitrogen and oxygen atoms in total. The Kier molecular flexibility index (Phi) is 16.3. The number of para-hydroxylation sites is 1. The number of carbonyl (C=O) groups is 3. The summed E-state index contributed by atoms with van der Waals surface area (Å²) in [6.07, 6.45) is 10.3. The molecule has 9 heteroatoms. The van der Waals surface area contributed by atoms with Crippen LogP contribution < -0.4 is 11.1 Å². The molecule has 0 unspecified atom stereocenters. The summed E-state index contributed by atoms with van der Waals surface area (Å²) >= 11 is 0. The molecule has 2 aromatic rings. The number of nitrogens with one attached hydrogen (secondary N) is 2. The third-order valence-electron chi connectivity index (χ3n) is 6.19. The molecule has 1 amide bonds. The van der Waals surface area contributed by atoms with E-state index in [-0.39, 0.29) is 31.2 Å². The van der Waals surface area contributed by atoms with E-state index in [2.05, 4.69) is 24.1 Å². The number of halogens is 1. The van der Waals surface area contributed by atoms with E-state index in [1.165, 1.54) is 0 Å². The van der Waals surface area contributed by atoms with Crippen LogP contribution >= 0.6 is 12.4 Å². The lowest BCUT2D eigenvalue weighted by molar-refractivity contribution is -0.148. The first-order chi connectivity index (χ1) is 17.5. The molecule has 0 fully saturated rings. The largest absolute Gasteiger partial charge is 0.465 e. The molecule has 0 spiro atoms. The van der Waals surface area contributed by atoms with E-state index in [0.29, 0.717) is 19.6 Å². The highest BCUT2D eigenvalue weighted by molar-refractivity contribution is 5.87. The molecule has 1 aromatic carbocycles. The van der Waals surface area contributed by atoms with E-state index in [1.807, 2.05) is 30.5 Å². The number of H-pyrrole nitrogens is 1. The fraction of sp³-hybridized carbons (Fsp3) is 0.607. The van der Waals surface area contributed by atoms with Gasteiger partial charge in [0.05, 0.1) is 13.2 Å². The molecule has 37 heavy (non-hydrogen) atoms. The van der Waals surface area contributed by atoms with E-state index in [9.17, 15) is 14.4 Å². The Hall–Kier alpha value is -2.58. The molecule has 0 radical (unpaired) electrons. The van der Waals surface area contributed by atoms with Gasteiger partial charge in [-0.1, -0.05) is 70.6 Å². The van der Waals surface area contributed by atoms with Gasteiger partial charge < -0.3 is 25.5 Å². The minimum atomic E-state index is -0.875. The minimum absolute atomic E-state index is 0. The van der Waals surface area contributed by atoms with Gasteiger partial charge in [-0.05, 0) is 30.9 Å². The van der Waals surface area contributed by atoms with Crippen molar-refractivity contribution in [2.75, 3.05) is 13.2 Å². The van der Waals surface area contributed by atoms with Gasteiger partial charge in [-0.15, -0.1) is 12.4 Å². The van der Waals surface area contributed by atoms with Crippen LogP contribution in [-0.2, 0) is 30.3 Å². The maximum absolute atomic E-state index is 12.9. The van der Waals surface area contributed by atoms with Gasteiger partial charge >= 0.3 is 11.9 Å². The monoisotopic (exact) mass is 537 g/mol. The van der Waals surface area contributed by atoms with Gasteiger partial charge in [-0.3, -0.25) is 9.59 Å². The lowest BCUT2D eigenvalue weighted by atomic mass is 10.0. The van der Waals surface area contributed by atoms with Crippen LogP contribution in [-0.4, -0.2) is 48.1 Å². The summed E-state index contributed by atoms with van der Waals surface area (Å²) in [5.74, 6) is -1.31. The lowest BCUT2D eigenvalue weighted by Gasteiger charge is -2.18. The predicted molar refractivity (Wildman–Crippen MR) is 149 cm³/mol. The first-order valence-electron chi connectivity index (χ1n) is 13.4. The maximum atomic E-state index is 12.9. The average molecular weight is 538 g/mol. The second kappa shape index (κ2) is 18.6. The molecule has 4 N–H and O–H groups in total. The van der Waals surface area contributed by atoms with Crippen LogP contribution in [0.25, 0.3) is 10.9 Å². The highest BCUT2D eigenvalue weighted by Crippen LogP contribution is 2.19. The van der Waals surface area contributed by atoms with Gasteiger partial charge in [-0.2, -0.15) is 0 Å². The number of ether oxygens (including phenoxy) is 2. The smallest absolute Gasteiger partial charge is 0.328 e. The van der Waals surface area contributed by atoms with Crippen LogP contribution in [0.3, 0.4) is 0 Å². The van der Waals surface area contributed by atoms with Gasteiger partial charge in [0.25, 0.3) is 0 Å². The number of nitrogens with two attached hydrogens (primary N) is 1. The Morgan fingerprint density at radius 1 is 0.919 bits per heavy atom. The van der Waals surface area contributed by atoms with E-state index >= 15 is 0 Å². The molecule has 0 aliphatic carbocycles. The number of benzene rings is 1. The number of carbonyl (C=O) groups excluding carboxylic acids is 3. The predicted octanol–water partition coefficient (Wildman–Crippen LogP) is 4.97. The molecule has 1 aromatic heterocycles. The molecule has 2 rings (SSSR count). The number of aromatic amines is 1. The number of hydrogen-bond acceptors (Lipinski definition) is 6. The molecule has 0 aliphatic heterocycles. The molecule has 1 heterocycles. The summed E-state index contributed by atoms with van der Waals surface area (Å²) in [6.45, 7) is 4.91. The lowest BCUT2D eigenvalue weighted by Crippen LogP contribution is -2.44. The number of fused-ring (bicyclic) bond motifs is 1. The van der Waals surface area contributed by atoms with Gasteiger partial charge in [0.15, 0.2) is 0 Å². The minimum Gasteiger partial charge on any atom is -0.465 e. The van der Waals surface area contributed by atoms with Crippen molar-refractivity contribution in [1.82, 2.24) is 10.3 Å². The maximum Gasteiger partial charge on any atom is 0.328 e. The van der Waals surface area contributed by atoms with Crippen LogP contribution in [0.4, 0.5) is 0 Å². The van der Waals surface area contributed by atoms with Crippen LogP contribution in [0.2, 0.25) is 0 Å². The third-order valence-corrected chi connectivity index (χ3v) is 6.19. The number of unbranched alkanes of at least 4 members (excludes halogenated alkanes) is 6. The molecular weight excluding hydrogens is 494 g/mol. The van der Waals surface area contributed by atoms with Crippen molar-refractivity contribution in [1.29, 1.82) is 0 Å². The van der Waals surface area contributed by atoms with E-state index in [0.717, 1.165) is 67.8 Å². The van der Waals surface area contributed by atoms with Gasteiger partial charge in [-0.25, -0.2) is 4.79 Å². The zero-order valence-corrected chi connectivity index (χ0v) is 23.1. The van der Waals surface area contributed by atoms with Crippen molar-refractivity contribution in [3.63, 3.8) is 0 Å². The van der Waals surface area contributed by atoms with Gasteiger partial charge in [0.2, 0.25) is 5.91 Å². The molecule has 0 saturated heterocycles. The Labute approximate surface area is 226 Å². The quantitative estimate of drug-likeness (QED) is 0.182. The van der Waals surface area contributed by atoms with Crippen LogP contribution in [0, 0.1) is 0 Å². The third kappa shape index (κ3) is 12.0. The van der Waals surface area contributed by atoms with Gasteiger partial charge in [0.1, 0.15) is 12.1 Å². The van der Waals surface area contributed by atoms with Crippen molar-refractivity contribution in [3.05, 3.63) is 36.0 Å². The molecule has 0 aliphatic rings. The van der Waals surface area contributed by atoms with E-state index in [4.69, 9.17) is 15.2 Å². The molecule has 0 bridgehead atoms. The summed E-state index contributed by atoms with van der Waals surface area (Å²) in [5.41, 5.74) is 7.81. The summed E-state index contributed by atoms with van der Waals surface area (Å²) in [6, 6.07) is 6.10. The van der Waals surface area contributed by atoms with Crippen LogP contribution in [0.15, 0.2) is 30.5 Å². The fourth-order valence-corrected chi connectivity index (χ4v) is 4.00. The van der Waals surface area contributed by atoms with E-state index in [1.54, 1.807) is 0 Å².